The van der Waals surface area contributed by atoms with Crippen LogP contribution in [0.5, 0.6) is 0 Å². The molecule has 102 valence electrons. The summed E-state index contributed by atoms with van der Waals surface area (Å²) >= 11 is 0. The number of likely N-dealkylation sites (tertiary alicyclic amines) is 1. The van der Waals surface area contributed by atoms with Crippen molar-refractivity contribution in [2.24, 2.45) is 5.92 Å². The molecule has 0 aromatic heterocycles. The van der Waals surface area contributed by atoms with Crippen molar-refractivity contribution in [2.75, 3.05) is 19.6 Å². The Morgan fingerprint density at radius 3 is 2.61 bits per heavy atom. The Morgan fingerprint density at radius 1 is 1.39 bits per heavy atom. The minimum atomic E-state index is -0.836. The van der Waals surface area contributed by atoms with Gasteiger partial charge in [0.2, 0.25) is 5.91 Å². The van der Waals surface area contributed by atoms with Gasteiger partial charge in [-0.2, -0.15) is 0 Å². The number of carbonyl (C=O) groups excluding carboxylic acids is 1. The largest absolute Gasteiger partial charge is 0.480 e. The first-order valence-corrected chi connectivity index (χ1v) is 6.80. The van der Waals surface area contributed by atoms with Crippen LogP contribution in [-0.4, -0.2) is 47.1 Å². The van der Waals surface area contributed by atoms with E-state index in [1.165, 1.54) is 6.42 Å². The smallest absolute Gasteiger partial charge is 0.323 e. The summed E-state index contributed by atoms with van der Waals surface area (Å²) in [6.07, 6.45) is 4.42. The van der Waals surface area contributed by atoms with Crippen LogP contribution in [0.1, 0.15) is 39.0 Å². The molecule has 1 unspecified atom stereocenters. The standard InChI is InChI=1S/C13H22N2O3/c1-10-4-2-7-15(9-10)11(16)8-14-13(12(17)18)5-3-6-13/h10,14H,2-9H2,1H3,(H,17,18). The van der Waals surface area contributed by atoms with E-state index in [1.54, 1.807) is 0 Å². The molecular weight excluding hydrogens is 232 g/mol. The maximum atomic E-state index is 12.0. The van der Waals surface area contributed by atoms with Gasteiger partial charge in [0, 0.05) is 13.1 Å². The van der Waals surface area contributed by atoms with Crippen LogP contribution < -0.4 is 5.32 Å². The van der Waals surface area contributed by atoms with Crippen LogP contribution in [0.25, 0.3) is 0 Å². The Morgan fingerprint density at radius 2 is 2.11 bits per heavy atom. The fourth-order valence-corrected chi connectivity index (χ4v) is 2.77. The lowest BCUT2D eigenvalue weighted by Gasteiger charge is -2.39. The van der Waals surface area contributed by atoms with E-state index in [1.807, 2.05) is 4.90 Å². The maximum Gasteiger partial charge on any atom is 0.323 e. The highest BCUT2D eigenvalue weighted by molar-refractivity contribution is 5.83. The van der Waals surface area contributed by atoms with E-state index in [0.29, 0.717) is 18.8 Å². The monoisotopic (exact) mass is 254 g/mol. The SMILES string of the molecule is CC1CCCN(C(=O)CNC2(C(=O)O)CCC2)C1. The lowest BCUT2D eigenvalue weighted by molar-refractivity contribution is -0.149. The number of hydrogen-bond acceptors (Lipinski definition) is 3. The fraction of sp³-hybridized carbons (Fsp3) is 0.846. The van der Waals surface area contributed by atoms with Crippen molar-refractivity contribution in [3.8, 4) is 0 Å². The van der Waals surface area contributed by atoms with Crippen molar-refractivity contribution >= 4 is 11.9 Å². The second-order valence-electron chi connectivity index (χ2n) is 5.68. The molecule has 0 radical (unpaired) electrons. The molecule has 5 nitrogen and oxygen atoms in total. The van der Waals surface area contributed by atoms with Gasteiger partial charge in [-0.1, -0.05) is 6.92 Å². The molecule has 1 atom stereocenters. The number of nitrogens with zero attached hydrogens (tertiary/aromatic N) is 1. The van der Waals surface area contributed by atoms with Gasteiger partial charge in [0.15, 0.2) is 0 Å². The van der Waals surface area contributed by atoms with Gasteiger partial charge in [0.1, 0.15) is 5.54 Å². The summed E-state index contributed by atoms with van der Waals surface area (Å²) in [7, 11) is 0. The second-order valence-corrected chi connectivity index (χ2v) is 5.68. The summed E-state index contributed by atoms with van der Waals surface area (Å²) < 4.78 is 0. The molecule has 5 heteroatoms. The molecule has 1 heterocycles. The van der Waals surface area contributed by atoms with Crippen LogP contribution in [0.4, 0.5) is 0 Å². The third-order valence-electron chi connectivity index (χ3n) is 4.20. The van der Waals surface area contributed by atoms with E-state index < -0.39 is 11.5 Å². The number of hydrogen-bond donors (Lipinski definition) is 2. The molecule has 1 aliphatic heterocycles. The van der Waals surface area contributed by atoms with Crippen molar-refractivity contribution in [1.29, 1.82) is 0 Å². The Balaban J connectivity index is 1.82. The van der Waals surface area contributed by atoms with Crippen molar-refractivity contribution in [3.63, 3.8) is 0 Å². The van der Waals surface area contributed by atoms with Gasteiger partial charge in [-0.25, -0.2) is 0 Å². The van der Waals surface area contributed by atoms with E-state index in [-0.39, 0.29) is 12.5 Å². The summed E-state index contributed by atoms with van der Waals surface area (Å²) in [6, 6.07) is 0. The normalized spacial score (nSPS) is 26.5. The number of amides is 1. The molecule has 0 bridgehead atoms. The number of carboxylic acid groups (broad SMARTS) is 1. The van der Waals surface area contributed by atoms with Gasteiger partial charge in [-0.05, 0) is 38.0 Å². The lowest BCUT2D eigenvalue weighted by atomic mass is 9.77. The summed E-state index contributed by atoms with van der Waals surface area (Å²) in [6.45, 7) is 3.92. The average molecular weight is 254 g/mol. The lowest BCUT2D eigenvalue weighted by Crippen LogP contribution is -2.59. The van der Waals surface area contributed by atoms with Crippen molar-refractivity contribution < 1.29 is 14.7 Å². The first kappa shape index (κ1) is 13.3. The number of rotatable bonds is 4. The zero-order valence-electron chi connectivity index (χ0n) is 10.9. The molecule has 2 fully saturated rings. The Hall–Kier alpha value is -1.10. The quantitative estimate of drug-likeness (QED) is 0.780. The minimum Gasteiger partial charge on any atom is -0.480 e. The number of carbonyl (C=O) groups is 2. The maximum absolute atomic E-state index is 12.0. The minimum absolute atomic E-state index is 0.0362. The van der Waals surface area contributed by atoms with Crippen LogP contribution in [0, 0.1) is 5.92 Å². The van der Waals surface area contributed by atoms with Crippen LogP contribution in [0.15, 0.2) is 0 Å². The number of nitrogens with one attached hydrogen (secondary N) is 1. The van der Waals surface area contributed by atoms with Gasteiger partial charge in [0.25, 0.3) is 0 Å². The predicted molar refractivity (Wildman–Crippen MR) is 67.2 cm³/mol. The molecule has 2 N–H and O–H groups in total. The molecule has 0 aromatic rings. The van der Waals surface area contributed by atoms with Crippen LogP contribution in [-0.2, 0) is 9.59 Å². The highest BCUT2D eigenvalue weighted by Gasteiger charge is 2.44. The third kappa shape index (κ3) is 2.66. The molecule has 1 saturated heterocycles. The van der Waals surface area contributed by atoms with E-state index in [0.717, 1.165) is 25.9 Å². The van der Waals surface area contributed by atoms with E-state index in [4.69, 9.17) is 5.11 Å². The van der Waals surface area contributed by atoms with Crippen LogP contribution in [0.2, 0.25) is 0 Å². The zero-order valence-corrected chi connectivity index (χ0v) is 10.9. The van der Waals surface area contributed by atoms with E-state index in [9.17, 15) is 9.59 Å². The molecule has 1 saturated carbocycles. The second kappa shape index (κ2) is 5.26. The number of piperidine rings is 1. The molecule has 18 heavy (non-hydrogen) atoms. The molecular formula is C13H22N2O3. The van der Waals surface area contributed by atoms with E-state index in [2.05, 4.69) is 12.2 Å². The summed E-state index contributed by atoms with van der Waals surface area (Å²) in [5.41, 5.74) is -0.836. The molecule has 0 spiro atoms. The highest BCUT2D eigenvalue weighted by atomic mass is 16.4. The molecule has 2 rings (SSSR count). The van der Waals surface area contributed by atoms with Crippen LogP contribution >= 0.6 is 0 Å². The van der Waals surface area contributed by atoms with Crippen molar-refractivity contribution in [1.82, 2.24) is 10.2 Å². The Kier molecular flexibility index (Phi) is 3.90. The van der Waals surface area contributed by atoms with Gasteiger partial charge in [-0.15, -0.1) is 0 Å². The predicted octanol–water partition coefficient (Wildman–Crippen LogP) is 0.842. The average Bonchev–Trinajstić information content (AvgIpc) is 2.26. The Bertz CT molecular complexity index is 339. The van der Waals surface area contributed by atoms with Gasteiger partial charge >= 0.3 is 5.97 Å². The molecule has 1 aliphatic carbocycles. The first-order valence-electron chi connectivity index (χ1n) is 6.80. The van der Waals surface area contributed by atoms with Crippen molar-refractivity contribution in [2.45, 2.75) is 44.6 Å². The summed E-state index contributed by atoms with van der Waals surface area (Å²) in [5, 5.41) is 12.1. The summed E-state index contributed by atoms with van der Waals surface area (Å²) in [5.74, 6) is -0.234. The van der Waals surface area contributed by atoms with E-state index >= 15 is 0 Å². The highest BCUT2D eigenvalue weighted by Crippen LogP contribution is 2.31. The fourth-order valence-electron chi connectivity index (χ4n) is 2.77. The topological polar surface area (TPSA) is 69.6 Å². The number of aliphatic carboxylic acids is 1. The zero-order chi connectivity index (χ0) is 13.2. The van der Waals surface area contributed by atoms with Crippen molar-refractivity contribution in [3.05, 3.63) is 0 Å². The Labute approximate surface area is 108 Å². The molecule has 2 aliphatic rings. The molecule has 1 amide bonds. The third-order valence-corrected chi connectivity index (χ3v) is 4.20. The van der Waals surface area contributed by atoms with Gasteiger partial charge in [-0.3, -0.25) is 14.9 Å². The van der Waals surface area contributed by atoms with Gasteiger partial charge < -0.3 is 10.0 Å². The summed E-state index contributed by atoms with van der Waals surface area (Å²) in [4.78, 5) is 25.0. The van der Waals surface area contributed by atoms with Gasteiger partial charge in [0.05, 0.1) is 6.54 Å². The first-order chi connectivity index (χ1) is 8.53. The number of carboxylic acids is 1. The molecule has 0 aromatic carbocycles. The van der Waals surface area contributed by atoms with Crippen LogP contribution in [0.3, 0.4) is 0 Å².